The zero-order valence-corrected chi connectivity index (χ0v) is 23.0. The van der Waals surface area contributed by atoms with Crippen LogP contribution in [-0.4, -0.2) is 86.4 Å². The van der Waals surface area contributed by atoms with Crippen molar-refractivity contribution >= 4 is 34.7 Å². The van der Waals surface area contributed by atoms with E-state index in [4.69, 9.17) is 16.3 Å². The number of piperazine rings is 1. The average molecular weight is 548 g/mol. The maximum absolute atomic E-state index is 15.2. The lowest BCUT2D eigenvalue weighted by Crippen LogP contribution is -2.50. The highest BCUT2D eigenvalue weighted by Crippen LogP contribution is 2.39. The minimum atomic E-state index is -1.27. The van der Waals surface area contributed by atoms with Crippen LogP contribution in [0.25, 0.3) is 0 Å². The molecule has 0 spiro atoms. The molecule has 0 bridgehead atoms. The fourth-order valence-corrected chi connectivity index (χ4v) is 5.56. The summed E-state index contributed by atoms with van der Waals surface area (Å²) in [6.07, 6.45) is 0.0994. The lowest BCUT2D eigenvalue weighted by Gasteiger charge is -2.41. The van der Waals surface area contributed by atoms with Crippen molar-refractivity contribution in [3.8, 4) is 5.75 Å². The molecule has 0 aromatic heterocycles. The van der Waals surface area contributed by atoms with E-state index in [9.17, 15) is 19.8 Å². The average Bonchev–Trinajstić information content (AvgIpc) is 2.88. The van der Waals surface area contributed by atoms with Crippen LogP contribution in [0.15, 0.2) is 24.3 Å². The summed E-state index contributed by atoms with van der Waals surface area (Å²) in [7, 11) is 3.56. The largest absolute Gasteiger partial charge is 0.496 e. The zero-order valence-electron chi connectivity index (χ0n) is 22.2. The fraction of sp³-hybridized carbons (Fsp3) is 0.500. The normalized spacial score (nSPS) is 19.1. The van der Waals surface area contributed by atoms with Crippen molar-refractivity contribution in [3.05, 3.63) is 51.8 Å². The highest BCUT2D eigenvalue weighted by molar-refractivity contribution is 6.31. The summed E-state index contributed by atoms with van der Waals surface area (Å²) in [4.78, 5) is 31.4. The molecular formula is C28H35ClFN3O5. The first kappa shape index (κ1) is 28.1. The van der Waals surface area contributed by atoms with Gasteiger partial charge in [-0.15, -0.1) is 0 Å². The number of carboxylic acid groups (broad SMARTS) is 1. The molecule has 2 aromatic carbocycles. The van der Waals surface area contributed by atoms with E-state index in [0.717, 1.165) is 31.9 Å². The minimum absolute atomic E-state index is 0.00489. The lowest BCUT2D eigenvalue weighted by molar-refractivity contribution is -0.139. The molecular weight excluding hydrogens is 513 g/mol. The summed E-state index contributed by atoms with van der Waals surface area (Å²) in [6.45, 7) is 6.96. The maximum Gasteiger partial charge on any atom is 0.316 e. The van der Waals surface area contributed by atoms with Gasteiger partial charge in [-0.2, -0.15) is 0 Å². The van der Waals surface area contributed by atoms with Gasteiger partial charge in [0.2, 0.25) is 0 Å². The van der Waals surface area contributed by atoms with Gasteiger partial charge in [-0.25, -0.2) is 4.39 Å². The Morgan fingerprint density at radius 2 is 1.84 bits per heavy atom. The second-order valence-corrected chi connectivity index (χ2v) is 10.9. The third-order valence-corrected chi connectivity index (χ3v) is 7.94. The summed E-state index contributed by atoms with van der Waals surface area (Å²) in [5.41, 5.74) is 2.45. The van der Waals surface area contributed by atoms with Gasteiger partial charge in [0.15, 0.2) is 5.78 Å². The molecule has 2 N–H and O–H groups in total. The number of aliphatic hydroxyl groups excluding tert-OH is 1. The number of ketones is 1. The molecule has 206 valence electrons. The van der Waals surface area contributed by atoms with Gasteiger partial charge in [0.1, 0.15) is 17.5 Å². The molecule has 0 radical (unpaired) electrons. The third-order valence-electron chi connectivity index (χ3n) is 7.66. The van der Waals surface area contributed by atoms with Gasteiger partial charge in [-0.05, 0) is 42.3 Å². The maximum atomic E-state index is 15.2. The topological polar surface area (TPSA) is 93.5 Å². The SMILES string of the molecule is COc1cc2c(cc1Cc1cc(N3CCN(C)CC3)cc(Cl)c1F)C(=O)C(C(=O)O)CN2C(CO)C(C)C. The smallest absolute Gasteiger partial charge is 0.316 e. The van der Waals surface area contributed by atoms with E-state index in [0.29, 0.717) is 22.6 Å². The Hall–Kier alpha value is -2.88. The number of carbonyl (C=O) groups is 2. The third kappa shape index (κ3) is 5.46. The molecule has 8 nitrogen and oxygen atoms in total. The minimum Gasteiger partial charge on any atom is -0.496 e. The summed E-state index contributed by atoms with van der Waals surface area (Å²) in [6, 6.07) is 6.31. The molecule has 2 aliphatic rings. The van der Waals surface area contributed by atoms with Crippen molar-refractivity contribution in [3.63, 3.8) is 0 Å². The van der Waals surface area contributed by atoms with Crippen molar-refractivity contribution < 1.29 is 28.9 Å². The number of aliphatic hydroxyl groups is 1. The van der Waals surface area contributed by atoms with Gasteiger partial charge in [0, 0.05) is 56.5 Å². The van der Waals surface area contributed by atoms with Crippen LogP contribution in [0.3, 0.4) is 0 Å². The van der Waals surface area contributed by atoms with E-state index in [1.54, 1.807) is 29.2 Å². The predicted molar refractivity (Wildman–Crippen MR) is 145 cm³/mol. The summed E-state index contributed by atoms with van der Waals surface area (Å²) < 4.78 is 20.9. The number of ether oxygens (including phenoxy) is 1. The number of hydrogen-bond acceptors (Lipinski definition) is 7. The molecule has 2 aliphatic heterocycles. The number of carbonyl (C=O) groups excluding carboxylic acids is 1. The van der Waals surface area contributed by atoms with E-state index in [1.807, 2.05) is 13.8 Å². The van der Waals surface area contributed by atoms with Crippen molar-refractivity contribution in [2.45, 2.75) is 26.3 Å². The lowest BCUT2D eigenvalue weighted by atomic mass is 9.86. The van der Waals surface area contributed by atoms with Crippen molar-refractivity contribution in [2.75, 3.05) is 63.3 Å². The number of methoxy groups -OCH3 is 1. The van der Waals surface area contributed by atoms with Crippen LogP contribution in [0, 0.1) is 17.7 Å². The number of aliphatic carboxylic acids is 1. The molecule has 1 fully saturated rings. The highest BCUT2D eigenvalue weighted by atomic mass is 35.5. The number of fused-ring (bicyclic) bond motifs is 1. The first-order chi connectivity index (χ1) is 18.0. The molecule has 0 amide bonds. The quantitative estimate of drug-likeness (QED) is 0.485. The highest BCUT2D eigenvalue weighted by Gasteiger charge is 2.40. The van der Waals surface area contributed by atoms with Gasteiger partial charge in [-0.1, -0.05) is 25.4 Å². The molecule has 4 rings (SSSR count). The molecule has 2 heterocycles. The Morgan fingerprint density at radius 1 is 1.16 bits per heavy atom. The Morgan fingerprint density at radius 3 is 2.42 bits per heavy atom. The van der Waals surface area contributed by atoms with Gasteiger partial charge < -0.3 is 29.6 Å². The van der Waals surface area contributed by atoms with Crippen LogP contribution < -0.4 is 14.5 Å². The second-order valence-electron chi connectivity index (χ2n) is 10.5. The van der Waals surface area contributed by atoms with Crippen LogP contribution >= 0.6 is 11.6 Å². The molecule has 2 aromatic rings. The van der Waals surface area contributed by atoms with Gasteiger partial charge in [0.05, 0.1) is 30.5 Å². The Bertz CT molecular complexity index is 1220. The number of rotatable bonds is 8. The number of halogens is 2. The van der Waals surface area contributed by atoms with Crippen LogP contribution in [-0.2, 0) is 11.2 Å². The standard InChI is InChI=1S/C28H35ClFN3O5/c1-16(2)24(15-34)33-14-21(28(36)37)27(35)20-11-17(25(38-4)13-23(20)33)9-18-10-19(12-22(29)26(18)30)32-7-5-31(3)6-8-32/h10-13,16,21,24,34H,5-9,14-15H2,1-4H3,(H,36,37). The van der Waals surface area contributed by atoms with Gasteiger partial charge in [-0.3, -0.25) is 9.59 Å². The summed E-state index contributed by atoms with van der Waals surface area (Å²) >= 11 is 6.31. The Balaban J connectivity index is 1.77. The van der Waals surface area contributed by atoms with E-state index in [2.05, 4.69) is 16.8 Å². The molecule has 0 aliphatic carbocycles. The Labute approximate surface area is 227 Å². The number of hydrogen-bond donors (Lipinski definition) is 2. The zero-order chi connectivity index (χ0) is 27.7. The molecule has 2 atom stereocenters. The van der Waals surface area contributed by atoms with Gasteiger partial charge in [0.25, 0.3) is 0 Å². The Kier molecular flexibility index (Phi) is 8.49. The summed E-state index contributed by atoms with van der Waals surface area (Å²) in [5, 5.41) is 19.9. The van der Waals surface area contributed by atoms with Crippen molar-refractivity contribution in [2.24, 2.45) is 11.8 Å². The molecule has 10 heteroatoms. The first-order valence-corrected chi connectivity index (χ1v) is 13.2. The number of anilines is 2. The van der Waals surface area contributed by atoms with Crippen molar-refractivity contribution in [1.29, 1.82) is 0 Å². The molecule has 2 unspecified atom stereocenters. The van der Waals surface area contributed by atoms with Crippen LogP contribution in [0.2, 0.25) is 5.02 Å². The number of Topliss-reactive ketones (excluding diaryl/α,β-unsaturated/α-hetero) is 1. The second kappa shape index (κ2) is 11.5. The van der Waals surface area contributed by atoms with E-state index < -0.39 is 29.5 Å². The number of benzene rings is 2. The molecule has 1 saturated heterocycles. The molecule has 38 heavy (non-hydrogen) atoms. The van der Waals surface area contributed by atoms with E-state index in [-0.39, 0.29) is 36.1 Å². The number of carboxylic acids is 1. The fourth-order valence-electron chi connectivity index (χ4n) is 5.33. The van der Waals surface area contributed by atoms with Crippen molar-refractivity contribution in [1.82, 2.24) is 4.90 Å². The number of nitrogens with zero attached hydrogens (tertiary/aromatic N) is 3. The van der Waals surface area contributed by atoms with Crippen LogP contribution in [0.1, 0.15) is 35.3 Å². The first-order valence-electron chi connectivity index (χ1n) is 12.8. The monoisotopic (exact) mass is 547 g/mol. The van der Waals surface area contributed by atoms with E-state index in [1.165, 1.54) is 7.11 Å². The molecule has 0 saturated carbocycles. The summed E-state index contributed by atoms with van der Waals surface area (Å²) in [5.74, 6) is -3.12. The predicted octanol–water partition coefficient (Wildman–Crippen LogP) is 3.55. The van der Waals surface area contributed by atoms with Crippen LogP contribution in [0.5, 0.6) is 5.75 Å². The van der Waals surface area contributed by atoms with E-state index >= 15 is 4.39 Å². The number of likely N-dealkylation sites (N-methyl/N-ethyl adjacent to an activating group) is 1. The van der Waals surface area contributed by atoms with Crippen LogP contribution in [0.4, 0.5) is 15.8 Å². The van der Waals surface area contributed by atoms with Gasteiger partial charge >= 0.3 is 5.97 Å².